The molecule has 218 valence electrons. The Kier molecular flexibility index (Phi) is 37.4. The average Bonchev–Trinajstić information content (AvgIpc) is 2.88. The molecule has 2 unspecified atom stereocenters. The Balaban J connectivity index is 4.00. The molecule has 0 rings (SSSR count). The molecule has 2 atom stereocenters. The van der Waals surface area contributed by atoms with Gasteiger partial charge in [-0.05, 0) is 73.5 Å². The summed E-state index contributed by atoms with van der Waals surface area (Å²) in [5.74, 6) is 21.9. The van der Waals surface area contributed by atoms with E-state index >= 15 is 0 Å². The van der Waals surface area contributed by atoms with Gasteiger partial charge >= 0.3 is 0 Å². The number of thioether (sulfide) groups is 9. The highest BCUT2D eigenvalue weighted by molar-refractivity contribution is 8.05. The van der Waals surface area contributed by atoms with Crippen molar-refractivity contribution in [1.82, 2.24) is 0 Å². The van der Waals surface area contributed by atoms with Crippen LogP contribution < -0.4 is 0 Å². The van der Waals surface area contributed by atoms with Gasteiger partial charge in [0.05, 0.1) is 0 Å². The van der Waals surface area contributed by atoms with Crippen LogP contribution in [0.1, 0.15) is 45.4 Å². The van der Waals surface area contributed by atoms with E-state index in [1.165, 1.54) is 125 Å². The van der Waals surface area contributed by atoms with Crippen LogP contribution in [-0.2, 0) is 0 Å². The molecule has 0 aliphatic rings. The predicted molar refractivity (Wildman–Crippen MR) is 199 cm³/mol. The van der Waals surface area contributed by atoms with Crippen LogP contribution in [-0.4, -0.2) is 105 Å². The smallest absolute Gasteiger partial charge is 0.00238 e. The number of hydrogen-bond acceptors (Lipinski definition) is 9. The van der Waals surface area contributed by atoms with Crippen LogP contribution in [0.15, 0.2) is 0 Å². The first-order chi connectivity index (χ1) is 17.7. The van der Waals surface area contributed by atoms with E-state index in [1.54, 1.807) is 0 Å². The zero-order valence-corrected chi connectivity index (χ0v) is 31.0. The van der Waals surface area contributed by atoms with Crippen molar-refractivity contribution in [3.63, 3.8) is 0 Å². The minimum Gasteiger partial charge on any atom is -0.165 e. The summed E-state index contributed by atoms with van der Waals surface area (Å²) in [5, 5.41) is 0. The fourth-order valence-electron chi connectivity index (χ4n) is 3.50. The van der Waals surface area contributed by atoms with Gasteiger partial charge < -0.3 is 0 Å². The third kappa shape index (κ3) is 31.7. The second-order valence-electron chi connectivity index (χ2n) is 8.92. The van der Waals surface area contributed by atoms with E-state index in [-0.39, 0.29) is 0 Å². The van der Waals surface area contributed by atoms with E-state index in [2.05, 4.69) is 96.3 Å². The van der Waals surface area contributed by atoms with Gasteiger partial charge in [0.25, 0.3) is 0 Å². The Hall–Kier alpha value is 3.15. The zero-order valence-electron chi connectivity index (χ0n) is 23.7. The summed E-state index contributed by atoms with van der Waals surface area (Å²) in [4.78, 5) is 0. The summed E-state index contributed by atoms with van der Waals surface area (Å²) in [6.45, 7) is 2.51. The molecule has 36 heavy (non-hydrogen) atoms. The van der Waals surface area contributed by atoms with Crippen molar-refractivity contribution in [2.24, 2.45) is 11.8 Å². The fraction of sp³-hybridized carbons (Fsp3) is 1.00. The van der Waals surface area contributed by atoms with Gasteiger partial charge in [0.15, 0.2) is 0 Å². The van der Waals surface area contributed by atoms with E-state index in [9.17, 15) is 0 Å². The van der Waals surface area contributed by atoms with E-state index in [0.717, 1.165) is 11.8 Å². The molecule has 0 spiro atoms. The van der Waals surface area contributed by atoms with Crippen molar-refractivity contribution >= 4 is 106 Å². The first-order valence-corrected chi connectivity index (χ1v) is 24.8. The Morgan fingerprint density at radius 3 is 1.22 bits per heavy atom. The lowest BCUT2D eigenvalue weighted by Gasteiger charge is -2.19. The first-order valence-electron chi connectivity index (χ1n) is 13.7. The van der Waals surface area contributed by atoms with Crippen molar-refractivity contribution in [2.45, 2.75) is 45.4 Å². The predicted octanol–water partition coefficient (Wildman–Crippen LogP) is 10.1. The summed E-state index contributed by atoms with van der Waals surface area (Å²) >= 11 is 18.9. The molecule has 0 heterocycles. The topological polar surface area (TPSA) is 0 Å². The average molecular weight is 669 g/mol. The summed E-state index contributed by atoms with van der Waals surface area (Å²) in [6.07, 6.45) is 15.3. The van der Waals surface area contributed by atoms with Crippen LogP contribution in [0, 0.1) is 11.8 Å². The molecule has 0 saturated carbocycles. The summed E-state index contributed by atoms with van der Waals surface area (Å²) in [6, 6.07) is 0. The van der Waals surface area contributed by atoms with Crippen molar-refractivity contribution in [1.29, 1.82) is 0 Å². The van der Waals surface area contributed by atoms with Crippen LogP contribution in [0.4, 0.5) is 0 Å². The molecule has 9 heteroatoms. The molecule has 0 bridgehead atoms. The minimum atomic E-state index is 0.900. The Morgan fingerprint density at radius 2 is 0.750 bits per heavy atom. The van der Waals surface area contributed by atoms with Gasteiger partial charge in [0.1, 0.15) is 0 Å². The van der Waals surface area contributed by atoms with Crippen molar-refractivity contribution in [3.8, 4) is 0 Å². The Morgan fingerprint density at radius 1 is 0.361 bits per heavy atom. The van der Waals surface area contributed by atoms with E-state index in [1.807, 2.05) is 35.3 Å². The van der Waals surface area contributed by atoms with Gasteiger partial charge in [0, 0.05) is 69.0 Å². The number of rotatable bonds is 31. The van der Waals surface area contributed by atoms with Gasteiger partial charge in [0.2, 0.25) is 0 Å². The van der Waals surface area contributed by atoms with Gasteiger partial charge in [-0.3, -0.25) is 0 Å². The third-order valence-electron chi connectivity index (χ3n) is 5.81. The second kappa shape index (κ2) is 34.4. The normalized spacial score (nSPS) is 13.3. The van der Waals surface area contributed by atoms with Crippen molar-refractivity contribution in [3.05, 3.63) is 0 Å². The molecule has 0 fully saturated rings. The van der Waals surface area contributed by atoms with Gasteiger partial charge in [-0.25, -0.2) is 0 Å². The Bertz CT molecular complexity index is 401. The minimum absolute atomic E-state index is 0.900. The molecular formula is C27H56S9. The van der Waals surface area contributed by atoms with Crippen LogP contribution in [0.2, 0.25) is 0 Å². The molecule has 0 aromatic rings. The lowest BCUT2D eigenvalue weighted by molar-refractivity contribution is 0.376. The maximum atomic E-state index is 2.51. The fourth-order valence-corrected chi connectivity index (χ4v) is 12.4. The summed E-state index contributed by atoms with van der Waals surface area (Å²) in [7, 11) is 0. The molecule has 0 N–H and O–H groups in total. The number of hydrogen-bond donors (Lipinski definition) is 0. The molecule has 0 aliphatic heterocycles. The van der Waals surface area contributed by atoms with Crippen LogP contribution in [0.5, 0.6) is 0 Å². The maximum Gasteiger partial charge on any atom is 0.00238 e. The monoisotopic (exact) mass is 668 g/mol. The van der Waals surface area contributed by atoms with E-state index < -0.39 is 0 Å². The molecule has 0 amide bonds. The molecular weight excluding hydrogens is 613 g/mol. The molecule has 0 aromatic heterocycles. The molecule has 0 aliphatic carbocycles. The van der Waals surface area contributed by atoms with Crippen LogP contribution in [0.3, 0.4) is 0 Å². The van der Waals surface area contributed by atoms with E-state index in [4.69, 9.17) is 0 Å². The molecule has 0 aromatic carbocycles. The van der Waals surface area contributed by atoms with Crippen molar-refractivity contribution in [2.75, 3.05) is 105 Å². The SMILES string of the molecule is CSCCSCCSCCCC(CCSCCSCCSC)CCC(C)CCSCCSCCSC. The van der Waals surface area contributed by atoms with Crippen LogP contribution >= 0.6 is 106 Å². The molecule has 0 saturated heterocycles. The standard InChI is InChI=1S/C27H56S9/c1-26(9-12-32-21-24-35-18-15-29-3)7-8-27(10-13-33-22-25-36-19-16-30-4)6-5-11-31-20-23-34-17-14-28-2/h26-27H,5-25H2,1-4H3. The zero-order chi connectivity index (χ0) is 26.4. The highest BCUT2D eigenvalue weighted by Crippen LogP contribution is 2.26. The highest BCUT2D eigenvalue weighted by Gasteiger charge is 2.12. The lowest BCUT2D eigenvalue weighted by Crippen LogP contribution is -2.07. The molecule has 0 radical (unpaired) electrons. The van der Waals surface area contributed by atoms with Crippen LogP contribution in [0.25, 0.3) is 0 Å². The summed E-state index contributed by atoms with van der Waals surface area (Å²) < 4.78 is 0. The van der Waals surface area contributed by atoms with Gasteiger partial charge in [-0.1, -0.05) is 19.8 Å². The third-order valence-corrected chi connectivity index (χ3v) is 15.3. The Labute approximate surface area is 265 Å². The lowest BCUT2D eigenvalue weighted by atomic mass is 9.90. The van der Waals surface area contributed by atoms with Gasteiger partial charge in [-0.15, -0.1) is 0 Å². The largest absolute Gasteiger partial charge is 0.165 e. The second-order valence-corrected chi connectivity index (χ2v) is 19.2. The maximum absolute atomic E-state index is 2.51. The molecule has 0 nitrogen and oxygen atoms in total. The highest BCUT2D eigenvalue weighted by atomic mass is 32.2. The van der Waals surface area contributed by atoms with Crippen molar-refractivity contribution < 1.29 is 0 Å². The first kappa shape index (κ1) is 39.1. The summed E-state index contributed by atoms with van der Waals surface area (Å²) in [5.41, 5.74) is 0. The quantitative estimate of drug-likeness (QED) is 0.0656. The van der Waals surface area contributed by atoms with Gasteiger partial charge in [-0.2, -0.15) is 106 Å². The van der Waals surface area contributed by atoms with E-state index in [0.29, 0.717) is 0 Å².